The lowest BCUT2D eigenvalue weighted by atomic mass is 9.87. The Morgan fingerprint density at radius 1 is 1.50 bits per heavy atom. The van der Waals surface area contributed by atoms with Gasteiger partial charge in [-0.25, -0.2) is 0 Å². The number of rotatable bonds is 6. The molecule has 1 aliphatic carbocycles. The summed E-state index contributed by atoms with van der Waals surface area (Å²) in [5.74, 6) is 0.382. The molecule has 0 heterocycles. The van der Waals surface area contributed by atoms with E-state index in [9.17, 15) is 9.90 Å². The Hall–Kier alpha value is -0.610. The van der Waals surface area contributed by atoms with Gasteiger partial charge in [0.15, 0.2) is 0 Å². The molecule has 2 atom stereocenters. The molecule has 4 heteroatoms. The summed E-state index contributed by atoms with van der Waals surface area (Å²) in [5, 5.41) is 12.3. The van der Waals surface area contributed by atoms with Crippen LogP contribution in [0, 0.1) is 5.92 Å². The van der Waals surface area contributed by atoms with Crippen LogP contribution in [0.25, 0.3) is 0 Å². The van der Waals surface area contributed by atoms with Gasteiger partial charge >= 0.3 is 0 Å². The van der Waals surface area contributed by atoms with Crippen LogP contribution in [0.5, 0.6) is 0 Å². The maximum atomic E-state index is 11.3. The number of carbonyl (C=O) groups excluding carboxylic acids is 1. The number of aliphatic hydroxyl groups is 1. The minimum atomic E-state index is -0.174. The van der Waals surface area contributed by atoms with Crippen molar-refractivity contribution < 1.29 is 14.6 Å². The summed E-state index contributed by atoms with van der Waals surface area (Å²) in [6.07, 6.45) is 4.65. The molecule has 0 aromatic rings. The molecule has 1 saturated carbocycles. The first-order chi connectivity index (χ1) is 7.72. The molecular weight excluding hydrogens is 206 g/mol. The monoisotopic (exact) mass is 229 g/mol. The molecule has 0 radical (unpaired) electrons. The SMILES string of the molecule is CCCOCC(=O)NCC1CCCC(O)C1. The number of ether oxygens (including phenoxy) is 1. The molecule has 0 aromatic heterocycles. The predicted octanol–water partition coefficient (Wildman–Crippen LogP) is 1.08. The Labute approximate surface area is 97.4 Å². The van der Waals surface area contributed by atoms with E-state index in [0.29, 0.717) is 19.1 Å². The molecule has 0 aromatic carbocycles. The largest absolute Gasteiger partial charge is 0.393 e. The molecule has 4 nitrogen and oxygen atoms in total. The summed E-state index contributed by atoms with van der Waals surface area (Å²) in [7, 11) is 0. The van der Waals surface area contributed by atoms with Gasteiger partial charge in [-0.2, -0.15) is 0 Å². The number of hydrogen-bond acceptors (Lipinski definition) is 3. The molecule has 2 unspecified atom stereocenters. The first-order valence-corrected chi connectivity index (χ1v) is 6.25. The summed E-state index contributed by atoms with van der Waals surface area (Å²) in [6.45, 7) is 3.48. The van der Waals surface area contributed by atoms with Crippen LogP contribution < -0.4 is 5.32 Å². The summed E-state index contributed by atoms with van der Waals surface area (Å²) in [6, 6.07) is 0. The van der Waals surface area contributed by atoms with Gasteiger partial charge in [-0.05, 0) is 31.6 Å². The number of carbonyl (C=O) groups is 1. The maximum Gasteiger partial charge on any atom is 0.246 e. The van der Waals surface area contributed by atoms with E-state index in [1.807, 2.05) is 6.92 Å². The normalized spacial score (nSPS) is 25.4. The molecule has 0 saturated heterocycles. The van der Waals surface area contributed by atoms with Crippen molar-refractivity contribution >= 4 is 5.91 Å². The molecule has 94 valence electrons. The van der Waals surface area contributed by atoms with E-state index in [2.05, 4.69) is 5.32 Å². The third-order valence-corrected chi connectivity index (χ3v) is 2.92. The molecular formula is C12H23NO3. The Bertz CT molecular complexity index is 208. The smallest absolute Gasteiger partial charge is 0.246 e. The highest BCUT2D eigenvalue weighted by atomic mass is 16.5. The number of hydrogen-bond donors (Lipinski definition) is 2. The van der Waals surface area contributed by atoms with Crippen LogP contribution in [-0.2, 0) is 9.53 Å². The van der Waals surface area contributed by atoms with Gasteiger partial charge in [0.25, 0.3) is 0 Å². The van der Waals surface area contributed by atoms with E-state index in [0.717, 1.165) is 32.1 Å². The van der Waals surface area contributed by atoms with Crippen molar-refractivity contribution in [3.05, 3.63) is 0 Å². The highest BCUT2D eigenvalue weighted by Gasteiger charge is 2.20. The molecule has 0 bridgehead atoms. The standard InChI is InChI=1S/C12H23NO3/c1-2-6-16-9-12(15)13-8-10-4-3-5-11(14)7-10/h10-11,14H,2-9H2,1H3,(H,13,15). The van der Waals surface area contributed by atoms with Gasteiger partial charge in [-0.3, -0.25) is 4.79 Å². The average molecular weight is 229 g/mol. The third kappa shape index (κ3) is 5.47. The van der Waals surface area contributed by atoms with Crippen molar-refractivity contribution in [3.63, 3.8) is 0 Å². The van der Waals surface area contributed by atoms with Crippen LogP contribution in [0.2, 0.25) is 0 Å². The molecule has 1 rings (SSSR count). The lowest BCUT2D eigenvalue weighted by Gasteiger charge is -2.25. The Kier molecular flexibility index (Phi) is 6.42. The Morgan fingerprint density at radius 2 is 2.31 bits per heavy atom. The predicted molar refractivity (Wildman–Crippen MR) is 62.1 cm³/mol. The topological polar surface area (TPSA) is 58.6 Å². The lowest BCUT2D eigenvalue weighted by molar-refractivity contribution is -0.126. The van der Waals surface area contributed by atoms with E-state index in [-0.39, 0.29) is 18.6 Å². The highest BCUT2D eigenvalue weighted by molar-refractivity contribution is 5.77. The van der Waals surface area contributed by atoms with Crippen LogP contribution in [0.1, 0.15) is 39.0 Å². The third-order valence-electron chi connectivity index (χ3n) is 2.92. The van der Waals surface area contributed by atoms with Crippen molar-refractivity contribution in [2.24, 2.45) is 5.92 Å². The first-order valence-electron chi connectivity index (χ1n) is 6.25. The van der Waals surface area contributed by atoms with E-state index in [1.165, 1.54) is 0 Å². The zero-order valence-corrected chi connectivity index (χ0v) is 10.1. The number of nitrogens with one attached hydrogen (secondary N) is 1. The lowest BCUT2D eigenvalue weighted by Crippen LogP contribution is -2.35. The van der Waals surface area contributed by atoms with Crippen LogP contribution in [-0.4, -0.2) is 36.9 Å². The van der Waals surface area contributed by atoms with Gasteiger partial charge in [0, 0.05) is 13.2 Å². The average Bonchev–Trinajstić information content (AvgIpc) is 2.27. The fourth-order valence-electron chi connectivity index (χ4n) is 2.07. The zero-order valence-electron chi connectivity index (χ0n) is 10.1. The second kappa shape index (κ2) is 7.63. The maximum absolute atomic E-state index is 11.3. The van der Waals surface area contributed by atoms with E-state index >= 15 is 0 Å². The van der Waals surface area contributed by atoms with Gasteiger partial charge in [0.2, 0.25) is 5.91 Å². The van der Waals surface area contributed by atoms with E-state index < -0.39 is 0 Å². The highest BCUT2D eigenvalue weighted by Crippen LogP contribution is 2.23. The van der Waals surface area contributed by atoms with Crippen molar-refractivity contribution in [2.45, 2.75) is 45.1 Å². The summed E-state index contributed by atoms with van der Waals surface area (Å²) in [4.78, 5) is 11.3. The summed E-state index contributed by atoms with van der Waals surface area (Å²) >= 11 is 0. The van der Waals surface area contributed by atoms with Gasteiger partial charge in [-0.1, -0.05) is 13.3 Å². The molecule has 1 amide bonds. The van der Waals surface area contributed by atoms with Crippen LogP contribution in [0.15, 0.2) is 0 Å². The first kappa shape index (κ1) is 13.5. The molecule has 2 N–H and O–H groups in total. The van der Waals surface area contributed by atoms with Gasteiger partial charge in [0.1, 0.15) is 6.61 Å². The minimum absolute atomic E-state index is 0.0477. The quantitative estimate of drug-likeness (QED) is 0.670. The summed E-state index contributed by atoms with van der Waals surface area (Å²) in [5.41, 5.74) is 0. The summed E-state index contributed by atoms with van der Waals surface area (Å²) < 4.78 is 5.14. The van der Waals surface area contributed by atoms with Gasteiger partial charge in [-0.15, -0.1) is 0 Å². The molecule has 0 aliphatic heterocycles. The molecule has 0 spiro atoms. The van der Waals surface area contributed by atoms with Gasteiger partial charge in [0.05, 0.1) is 6.10 Å². The van der Waals surface area contributed by atoms with Crippen LogP contribution in [0.3, 0.4) is 0 Å². The molecule has 16 heavy (non-hydrogen) atoms. The van der Waals surface area contributed by atoms with Gasteiger partial charge < -0.3 is 15.2 Å². The van der Waals surface area contributed by atoms with E-state index in [4.69, 9.17) is 4.74 Å². The van der Waals surface area contributed by atoms with Crippen LogP contribution >= 0.6 is 0 Å². The van der Waals surface area contributed by atoms with Crippen LogP contribution in [0.4, 0.5) is 0 Å². The number of amides is 1. The fraction of sp³-hybridized carbons (Fsp3) is 0.917. The van der Waals surface area contributed by atoms with Crippen molar-refractivity contribution in [1.29, 1.82) is 0 Å². The Balaban J connectivity index is 2.06. The van der Waals surface area contributed by atoms with E-state index in [1.54, 1.807) is 0 Å². The molecule has 1 fully saturated rings. The zero-order chi connectivity index (χ0) is 11.8. The Morgan fingerprint density at radius 3 is 3.00 bits per heavy atom. The van der Waals surface area contributed by atoms with Crippen molar-refractivity contribution in [2.75, 3.05) is 19.8 Å². The fourth-order valence-corrected chi connectivity index (χ4v) is 2.07. The molecule has 1 aliphatic rings. The van der Waals surface area contributed by atoms with Crippen molar-refractivity contribution in [1.82, 2.24) is 5.32 Å². The number of aliphatic hydroxyl groups excluding tert-OH is 1. The minimum Gasteiger partial charge on any atom is -0.393 e. The second-order valence-corrected chi connectivity index (χ2v) is 4.54. The second-order valence-electron chi connectivity index (χ2n) is 4.54. The van der Waals surface area contributed by atoms with Crippen molar-refractivity contribution in [3.8, 4) is 0 Å².